The fourth-order valence-electron chi connectivity index (χ4n) is 2.36. The summed E-state index contributed by atoms with van der Waals surface area (Å²) in [5.74, 6) is -1.18. The van der Waals surface area contributed by atoms with E-state index in [2.05, 4.69) is 15.9 Å². The molecule has 2 rings (SSSR count). The van der Waals surface area contributed by atoms with Gasteiger partial charge in [0.15, 0.2) is 0 Å². The molecule has 1 aromatic heterocycles. The molecule has 0 aromatic carbocycles. The maximum atomic E-state index is 12.1. The smallest absolute Gasteiger partial charge is 0.326 e. The molecule has 1 N–H and O–H groups in total. The maximum absolute atomic E-state index is 12.1. The highest BCUT2D eigenvalue weighted by Gasteiger charge is 2.33. The van der Waals surface area contributed by atoms with Crippen LogP contribution in [0.2, 0.25) is 0 Å². The van der Waals surface area contributed by atoms with Crippen molar-refractivity contribution in [1.29, 1.82) is 0 Å². The Labute approximate surface area is 124 Å². The van der Waals surface area contributed by atoms with E-state index >= 15 is 0 Å². The SMILES string of the molecule is O=C(O)[C@H]1CCCN1C(=O)CCn1cc(Br)ccc1=O. The molecule has 1 aliphatic heterocycles. The summed E-state index contributed by atoms with van der Waals surface area (Å²) in [4.78, 5) is 36.1. The molecule has 0 unspecified atom stereocenters. The van der Waals surface area contributed by atoms with E-state index in [1.807, 2.05) is 0 Å². The molecule has 0 saturated carbocycles. The van der Waals surface area contributed by atoms with Crippen LogP contribution in [0.5, 0.6) is 0 Å². The van der Waals surface area contributed by atoms with Crippen molar-refractivity contribution in [3.05, 3.63) is 33.2 Å². The summed E-state index contributed by atoms with van der Waals surface area (Å²) in [5, 5.41) is 9.04. The zero-order chi connectivity index (χ0) is 14.7. The van der Waals surface area contributed by atoms with Crippen LogP contribution in [0, 0.1) is 0 Å². The second-order valence-electron chi connectivity index (χ2n) is 4.71. The molecule has 6 nitrogen and oxygen atoms in total. The minimum absolute atomic E-state index is 0.125. The molecule has 1 atom stereocenters. The number of hydrogen-bond acceptors (Lipinski definition) is 3. The number of pyridine rings is 1. The summed E-state index contributed by atoms with van der Waals surface area (Å²) in [6.07, 6.45) is 2.95. The lowest BCUT2D eigenvalue weighted by Gasteiger charge is -2.21. The Morgan fingerprint density at radius 1 is 1.40 bits per heavy atom. The molecular weight excluding hydrogens is 328 g/mol. The van der Waals surface area contributed by atoms with Crippen molar-refractivity contribution in [3.8, 4) is 0 Å². The fourth-order valence-corrected chi connectivity index (χ4v) is 2.74. The van der Waals surface area contributed by atoms with Gasteiger partial charge in [-0.2, -0.15) is 0 Å². The Balaban J connectivity index is 2.00. The molecule has 1 aromatic rings. The van der Waals surface area contributed by atoms with E-state index in [1.54, 1.807) is 12.3 Å². The predicted molar refractivity (Wildman–Crippen MR) is 75.4 cm³/mol. The Kier molecular flexibility index (Phi) is 4.59. The highest BCUT2D eigenvalue weighted by atomic mass is 79.9. The number of rotatable bonds is 4. The third kappa shape index (κ3) is 3.27. The van der Waals surface area contributed by atoms with Crippen LogP contribution in [-0.2, 0) is 16.1 Å². The molecule has 0 bridgehead atoms. The van der Waals surface area contributed by atoms with Gasteiger partial charge in [-0.15, -0.1) is 0 Å². The number of nitrogens with zero attached hydrogens (tertiary/aromatic N) is 2. The van der Waals surface area contributed by atoms with Crippen LogP contribution in [0.3, 0.4) is 0 Å². The van der Waals surface area contributed by atoms with Gasteiger partial charge in [-0.3, -0.25) is 9.59 Å². The normalized spacial score (nSPS) is 18.2. The quantitative estimate of drug-likeness (QED) is 0.887. The van der Waals surface area contributed by atoms with Gasteiger partial charge in [0.2, 0.25) is 5.91 Å². The lowest BCUT2D eigenvalue weighted by Crippen LogP contribution is -2.41. The van der Waals surface area contributed by atoms with Gasteiger partial charge in [-0.05, 0) is 34.8 Å². The number of halogens is 1. The molecule has 0 radical (unpaired) electrons. The van der Waals surface area contributed by atoms with Gasteiger partial charge in [0, 0.05) is 36.2 Å². The van der Waals surface area contributed by atoms with Crippen LogP contribution < -0.4 is 5.56 Å². The number of carbonyl (C=O) groups excluding carboxylic acids is 1. The third-order valence-corrected chi connectivity index (χ3v) is 3.84. The number of amides is 1. The number of carbonyl (C=O) groups is 2. The molecule has 108 valence electrons. The van der Waals surface area contributed by atoms with Gasteiger partial charge < -0.3 is 14.6 Å². The molecule has 20 heavy (non-hydrogen) atoms. The van der Waals surface area contributed by atoms with E-state index in [0.29, 0.717) is 19.4 Å². The molecule has 1 amide bonds. The predicted octanol–water partition coefficient (Wildman–Crippen LogP) is 1.08. The van der Waals surface area contributed by atoms with Gasteiger partial charge in [0.05, 0.1) is 0 Å². The molecule has 1 saturated heterocycles. The van der Waals surface area contributed by atoms with Crippen molar-refractivity contribution in [3.63, 3.8) is 0 Å². The van der Waals surface area contributed by atoms with Crippen LogP contribution in [0.4, 0.5) is 0 Å². The Bertz CT molecular complexity index is 584. The number of hydrogen-bond donors (Lipinski definition) is 1. The van der Waals surface area contributed by atoms with Gasteiger partial charge in [-0.25, -0.2) is 4.79 Å². The largest absolute Gasteiger partial charge is 0.480 e. The highest BCUT2D eigenvalue weighted by Crippen LogP contribution is 2.18. The second kappa shape index (κ2) is 6.21. The average molecular weight is 343 g/mol. The van der Waals surface area contributed by atoms with Crippen molar-refractivity contribution in [2.45, 2.75) is 31.8 Å². The van der Waals surface area contributed by atoms with Crippen LogP contribution in [-0.4, -0.2) is 39.0 Å². The van der Waals surface area contributed by atoms with Crippen LogP contribution in [0.25, 0.3) is 0 Å². The van der Waals surface area contributed by atoms with Crippen LogP contribution in [0.1, 0.15) is 19.3 Å². The van der Waals surface area contributed by atoms with Crippen molar-refractivity contribution in [1.82, 2.24) is 9.47 Å². The highest BCUT2D eigenvalue weighted by molar-refractivity contribution is 9.10. The lowest BCUT2D eigenvalue weighted by molar-refractivity contribution is -0.148. The Hall–Kier alpha value is -1.63. The monoisotopic (exact) mass is 342 g/mol. The standard InChI is InChI=1S/C13H15BrN2O4/c14-9-3-4-11(17)15(8-9)7-5-12(18)16-6-1-2-10(16)13(19)20/h3-4,8,10H,1-2,5-7H2,(H,19,20)/t10-/m1/s1. The zero-order valence-electron chi connectivity index (χ0n) is 10.8. The maximum Gasteiger partial charge on any atom is 0.326 e. The second-order valence-corrected chi connectivity index (χ2v) is 5.63. The van der Waals surface area contributed by atoms with E-state index < -0.39 is 12.0 Å². The minimum atomic E-state index is -0.963. The lowest BCUT2D eigenvalue weighted by atomic mass is 10.2. The summed E-state index contributed by atoms with van der Waals surface area (Å²) < 4.78 is 2.20. The molecular formula is C13H15BrN2O4. The van der Waals surface area contributed by atoms with Crippen LogP contribution >= 0.6 is 15.9 Å². The van der Waals surface area contributed by atoms with Crippen LogP contribution in [0.15, 0.2) is 27.6 Å². The van der Waals surface area contributed by atoms with Crippen molar-refractivity contribution >= 4 is 27.8 Å². The minimum Gasteiger partial charge on any atom is -0.480 e. The zero-order valence-corrected chi connectivity index (χ0v) is 12.4. The topological polar surface area (TPSA) is 79.6 Å². The van der Waals surface area contributed by atoms with Crippen molar-refractivity contribution in [2.75, 3.05) is 6.54 Å². The van der Waals surface area contributed by atoms with Crippen molar-refractivity contribution < 1.29 is 14.7 Å². The van der Waals surface area contributed by atoms with Gasteiger partial charge in [-0.1, -0.05) is 0 Å². The first-order valence-corrected chi connectivity index (χ1v) is 7.16. The first kappa shape index (κ1) is 14.8. The fraction of sp³-hybridized carbons (Fsp3) is 0.462. The van der Waals surface area contributed by atoms with E-state index in [1.165, 1.54) is 15.5 Å². The summed E-state index contributed by atoms with van der Waals surface area (Å²) in [6, 6.07) is 2.34. The summed E-state index contributed by atoms with van der Waals surface area (Å²) in [7, 11) is 0. The number of aromatic nitrogens is 1. The summed E-state index contributed by atoms with van der Waals surface area (Å²) >= 11 is 3.27. The van der Waals surface area contributed by atoms with E-state index in [4.69, 9.17) is 5.11 Å². The summed E-state index contributed by atoms with van der Waals surface area (Å²) in [6.45, 7) is 0.725. The number of carboxylic acids is 1. The van der Waals surface area contributed by atoms with Gasteiger partial charge in [0.1, 0.15) is 6.04 Å². The van der Waals surface area contributed by atoms with Crippen molar-refractivity contribution in [2.24, 2.45) is 0 Å². The van der Waals surface area contributed by atoms with E-state index in [0.717, 1.165) is 4.47 Å². The molecule has 1 fully saturated rings. The first-order chi connectivity index (χ1) is 9.49. The molecule has 7 heteroatoms. The molecule has 2 heterocycles. The number of aryl methyl sites for hydroxylation is 1. The van der Waals surface area contributed by atoms with Gasteiger partial charge >= 0.3 is 5.97 Å². The third-order valence-electron chi connectivity index (χ3n) is 3.37. The number of aliphatic carboxylic acids is 1. The number of likely N-dealkylation sites (tertiary alicyclic amines) is 1. The molecule has 1 aliphatic rings. The Morgan fingerprint density at radius 2 is 2.15 bits per heavy atom. The molecule has 0 spiro atoms. The average Bonchev–Trinajstić information content (AvgIpc) is 2.89. The molecule has 0 aliphatic carbocycles. The first-order valence-electron chi connectivity index (χ1n) is 6.37. The Morgan fingerprint density at radius 3 is 2.85 bits per heavy atom. The van der Waals surface area contributed by atoms with E-state index in [9.17, 15) is 14.4 Å². The van der Waals surface area contributed by atoms with E-state index in [-0.39, 0.29) is 24.4 Å². The van der Waals surface area contributed by atoms with Gasteiger partial charge in [0.25, 0.3) is 5.56 Å². The number of carboxylic acid groups (broad SMARTS) is 1. The summed E-state index contributed by atoms with van der Waals surface area (Å²) in [5.41, 5.74) is -0.183.